The molecule has 17 heavy (non-hydrogen) atoms. The van der Waals surface area contributed by atoms with Crippen LogP contribution >= 0.6 is 0 Å². The molecular formula is C16H35N. The summed E-state index contributed by atoms with van der Waals surface area (Å²) in [6.45, 7) is 13.7. The van der Waals surface area contributed by atoms with Crippen molar-refractivity contribution >= 4 is 0 Å². The summed E-state index contributed by atoms with van der Waals surface area (Å²) >= 11 is 0. The van der Waals surface area contributed by atoms with Gasteiger partial charge in [-0.05, 0) is 57.2 Å². The third-order valence-corrected chi connectivity index (χ3v) is 3.86. The monoisotopic (exact) mass is 241 g/mol. The van der Waals surface area contributed by atoms with Crippen LogP contribution in [0.1, 0.15) is 66.7 Å². The Bertz CT molecular complexity index is 157. The highest BCUT2D eigenvalue weighted by atomic mass is 15.1. The van der Waals surface area contributed by atoms with Gasteiger partial charge in [0.25, 0.3) is 0 Å². The van der Waals surface area contributed by atoms with Crippen molar-refractivity contribution in [3.63, 3.8) is 0 Å². The van der Waals surface area contributed by atoms with E-state index in [0.29, 0.717) is 0 Å². The van der Waals surface area contributed by atoms with Gasteiger partial charge in [-0.3, -0.25) is 0 Å². The van der Waals surface area contributed by atoms with E-state index in [2.05, 4.69) is 32.7 Å². The quantitative estimate of drug-likeness (QED) is 0.667. The van der Waals surface area contributed by atoms with E-state index in [-0.39, 0.29) is 0 Å². The summed E-state index contributed by atoms with van der Waals surface area (Å²) < 4.78 is 0. The molecule has 1 heteroatoms. The smallest absolute Gasteiger partial charge is 0.00190 e. The van der Waals surface area contributed by atoms with Crippen molar-refractivity contribution in [2.45, 2.75) is 66.7 Å². The predicted octanol–water partition coefficient (Wildman–Crippen LogP) is 4.82. The maximum atomic E-state index is 2.48. The van der Waals surface area contributed by atoms with Crippen LogP contribution in [0.5, 0.6) is 0 Å². The fourth-order valence-electron chi connectivity index (χ4n) is 3.02. The lowest BCUT2D eigenvalue weighted by molar-refractivity contribution is 0.150. The van der Waals surface area contributed by atoms with Crippen molar-refractivity contribution in [1.82, 2.24) is 4.90 Å². The fourth-order valence-corrected chi connectivity index (χ4v) is 3.02. The van der Waals surface area contributed by atoms with Crippen molar-refractivity contribution < 1.29 is 0 Å². The first kappa shape index (κ1) is 17.0. The summed E-state index contributed by atoms with van der Waals surface area (Å²) in [5.41, 5.74) is 0. The van der Waals surface area contributed by atoms with Crippen LogP contribution in [0.15, 0.2) is 0 Å². The molecule has 0 radical (unpaired) electrons. The number of piperidine rings is 1. The summed E-state index contributed by atoms with van der Waals surface area (Å²) in [5, 5.41) is 0. The molecule has 0 bridgehead atoms. The van der Waals surface area contributed by atoms with E-state index in [1.807, 2.05) is 13.8 Å². The zero-order chi connectivity index (χ0) is 13.3. The molecule has 0 saturated carbocycles. The molecule has 1 nitrogen and oxygen atoms in total. The Labute approximate surface area is 110 Å². The zero-order valence-corrected chi connectivity index (χ0v) is 13.1. The Morgan fingerprint density at radius 3 is 2.06 bits per heavy atom. The fraction of sp³-hybridized carbons (Fsp3) is 1.00. The minimum absolute atomic E-state index is 0.876. The SMILES string of the molecule is CC.CCCC(CC(C)C)C1CCN(C)CC1. The minimum Gasteiger partial charge on any atom is -0.306 e. The molecule has 0 N–H and O–H groups in total. The standard InChI is InChI=1S/C14H29N.C2H6/c1-5-6-14(11-12(2)3)13-7-9-15(4)10-8-13;1-2/h12-14H,5-11H2,1-4H3;1-2H3. The molecule has 1 heterocycles. The van der Waals surface area contributed by atoms with Crippen LogP contribution in [-0.2, 0) is 0 Å². The van der Waals surface area contributed by atoms with Gasteiger partial charge in [-0.2, -0.15) is 0 Å². The van der Waals surface area contributed by atoms with Crippen molar-refractivity contribution in [2.24, 2.45) is 17.8 Å². The third kappa shape index (κ3) is 7.08. The number of rotatable bonds is 5. The van der Waals surface area contributed by atoms with Crippen LogP contribution in [0, 0.1) is 17.8 Å². The van der Waals surface area contributed by atoms with Gasteiger partial charge in [0.15, 0.2) is 0 Å². The molecule has 0 spiro atoms. The largest absolute Gasteiger partial charge is 0.306 e. The van der Waals surface area contributed by atoms with Crippen LogP contribution < -0.4 is 0 Å². The highest BCUT2D eigenvalue weighted by Gasteiger charge is 2.25. The van der Waals surface area contributed by atoms with Crippen molar-refractivity contribution in [3.8, 4) is 0 Å². The van der Waals surface area contributed by atoms with E-state index in [9.17, 15) is 0 Å². The van der Waals surface area contributed by atoms with Crippen molar-refractivity contribution in [3.05, 3.63) is 0 Å². The van der Waals surface area contributed by atoms with Gasteiger partial charge < -0.3 is 4.90 Å². The Morgan fingerprint density at radius 1 is 1.12 bits per heavy atom. The molecular weight excluding hydrogens is 206 g/mol. The van der Waals surface area contributed by atoms with E-state index >= 15 is 0 Å². The molecule has 1 rings (SSSR count). The van der Waals surface area contributed by atoms with E-state index in [1.165, 1.54) is 45.2 Å². The second kappa shape index (κ2) is 9.94. The van der Waals surface area contributed by atoms with Crippen molar-refractivity contribution in [1.29, 1.82) is 0 Å². The van der Waals surface area contributed by atoms with Crippen LogP contribution in [-0.4, -0.2) is 25.0 Å². The summed E-state index contributed by atoms with van der Waals surface area (Å²) in [5.74, 6) is 2.90. The molecule has 1 aliphatic rings. The van der Waals surface area contributed by atoms with Gasteiger partial charge in [-0.15, -0.1) is 0 Å². The summed E-state index contributed by atoms with van der Waals surface area (Å²) in [6, 6.07) is 0. The van der Waals surface area contributed by atoms with E-state index in [1.54, 1.807) is 0 Å². The highest BCUT2D eigenvalue weighted by molar-refractivity contribution is 4.77. The molecule has 1 unspecified atom stereocenters. The Hall–Kier alpha value is -0.0400. The maximum Gasteiger partial charge on any atom is -0.00190 e. The topological polar surface area (TPSA) is 3.24 Å². The van der Waals surface area contributed by atoms with Gasteiger partial charge in [-0.1, -0.05) is 47.5 Å². The summed E-state index contributed by atoms with van der Waals surface area (Å²) in [4.78, 5) is 2.48. The number of likely N-dealkylation sites (tertiary alicyclic amines) is 1. The lowest BCUT2D eigenvalue weighted by Gasteiger charge is -2.35. The maximum absolute atomic E-state index is 2.48. The first-order valence-electron chi connectivity index (χ1n) is 7.82. The second-order valence-corrected chi connectivity index (χ2v) is 5.82. The molecule has 0 aromatic carbocycles. The van der Waals surface area contributed by atoms with Crippen molar-refractivity contribution in [2.75, 3.05) is 20.1 Å². The first-order chi connectivity index (χ1) is 8.13. The average molecular weight is 241 g/mol. The first-order valence-corrected chi connectivity index (χ1v) is 7.82. The second-order valence-electron chi connectivity index (χ2n) is 5.82. The lowest BCUT2D eigenvalue weighted by atomic mass is 9.77. The number of hydrogen-bond donors (Lipinski definition) is 0. The van der Waals surface area contributed by atoms with Gasteiger partial charge in [0.1, 0.15) is 0 Å². The Kier molecular flexibility index (Phi) is 9.91. The number of hydrogen-bond acceptors (Lipinski definition) is 1. The van der Waals surface area contributed by atoms with Gasteiger partial charge in [0.05, 0.1) is 0 Å². The van der Waals surface area contributed by atoms with E-state index in [4.69, 9.17) is 0 Å². The zero-order valence-electron chi connectivity index (χ0n) is 13.1. The molecule has 1 aliphatic heterocycles. The molecule has 104 valence electrons. The highest BCUT2D eigenvalue weighted by Crippen LogP contribution is 2.32. The van der Waals surface area contributed by atoms with Gasteiger partial charge in [0, 0.05) is 0 Å². The minimum atomic E-state index is 0.876. The molecule has 1 atom stereocenters. The van der Waals surface area contributed by atoms with Crippen LogP contribution in [0.2, 0.25) is 0 Å². The molecule has 0 amide bonds. The molecule has 1 saturated heterocycles. The van der Waals surface area contributed by atoms with Crippen LogP contribution in [0.4, 0.5) is 0 Å². The molecule has 0 aliphatic carbocycles. The van der Waals surface area contributed by atoms with Gasteiger partial charge in [0.2, 0.25) is 0 Å². The Balaban J connectivity index is 0.00000121. The van der Waals surface area contributed by atoms with E-state index < -0.39 is 0 Å². The predicted molar refractivity (Wildman–Crippen MR) is 79.4 cm³/mol. The summed E-state index contributed by atoms with van der Waals surface area (Å²) in [6.07, 6.45) is 7.14. The van der Waals surface area contributed by atoms with Crippen LogP contribution in [0.25, 0.3) is 0 Å². The number of nitrogens with zero attached hydrogens (tertiary/aromatic N) is 1. The average Bonchev–Trinajstić information content (AvgIpc) is 2.31. The summed E-state index contributed by atoms with van der Waals surface area (Å²) in [7, 11) is 2.26. The van der Waals surface area contributed by atoms with Gasteiger partial charge >= 0.3 is 0 Å². The lowest BCUT2D eigenvalue weighted by Crippen LogP contribution is -2.33. The Morgan fingerprint density at radius 2 is 1.65 bits per heavy atom. The van der Waals surface area contributed by atoms with Gasteiger partial charge in [-0.25, -0.2) is 0 Å². The normalized spacial score (nSPS) is 19.9. The van der Waals surface area contributed by atoms with Crippen LogP contribution in [0.3, 0.4) is 0 Å². The molecule has 1 fully saturated rings. The third-order valence-electron chi connectivity index (χ3n) is 3.86. The molecule has 0 aromatic heterocycles. The van der Waals surface area contributed by atoms with E-state index in [0.717, 1.165) is 17.8 Å². The molecule has 0 aromatic rings.